The summed E-state index contributed by atoms with van der Waals surface area (Å²) in [5, 5.41) is 0.598. The minimum atomic E-state index is 0.125. The Labute approximate surface area is 105 Å². The number of pyridine rings is 1. The molecule has 0 amide bonds. The van der Waals surface area contributed by atoms with E-state index in [2.05, 4.69) is 21.5 Å². The van der Waals surface area contributed by atoms with Crippen LogP contribution in [0.2, 0.25) is 5.02 Å². The standard InChI is InChI=1S/C12H15ClN4/c1-2-12(4-3-5-12)17-10-9(16-11(17)14)6-8(13)7-15-10/h6-7H,2-5H2,1H3,(H2,14,16). The molecule has 2 aromatic heterocycles. The van der Waals surface area contributed by atoms with Crippen LogP contribution in [0.3, 0.4) is 0 Å². The second-order valence-corrected chi connectivity index (χ2v) is 5.17. The molecule has 0 aliphatic heterocycles. The fourth-order valence-electron chi connectivity index (χ4n) is 2.75. The monoisotopic (exact) mass is 250 g/mol. The molecule has 2 heterocycles. The predicted octanol–water partition coefficient (Wildman–Crippen LogP) is 2.96. The second kappa shape index (κ2) is 3.60. The number of nitrogens with two attached hydrogens (primary N) is 1. The summed E-state index contributed by atoms with van der Waals surface area (Å²) in [6, 6.07) is 1.82. The van der Waals surface area contributed by atoms with Gasteiger partial charge in [-0.15, -0.1) is 0 Å². The molecule has 0 aromatic carbocycles. The van der Waals surface area contributed by atoms with Crippen LogP contribution >= 0.6 is 11.6 Å². The van der Waals surface area contributed by atoms with Gasteiger partial charge in [-0.05, 0) is 31.7 Å². The summed E-state index contributed by atoms with van der Waals surface area (Å²) >= 11 is 5.92. The summed E-state index contributed by atoms with van der Waals surface area (Å²) < 4.78 is 2.10. The van der Waals surface area contributed by atoms with Gasteiger partial charge in [0.2, 0.25) is 5.95 Å². The molecule has 3 rings (SSSR count). The summed E-state index contributed by atoms with van der Waals surface area (Å²) in [5.74, 6) is 0.552. The van der Waals surface area contributed by atoms with Gasteiger partial charge in [0.15, 0.2) is 5.65 Å². The third-order valence-electron chi connectivity index (χ3n) is 3.91. The Balaban J connectivity index is 2.25. The maximum atomic E-state index is 6.04. The lowest BCUT2D eigenvalue weighted by Gasteiger charge is -2.43. The third-order valence-corrected chi connectivity index (χ3v) is 4.11. The number of rotatable bonds is 2. The predicted molar refractivity (Wildman–Crippen MR) is 69.1 cm³/mol. The number of hydrogen-bond donors (Lipinski definition) is 1. The van der Waals surface area contributed by atoms with Gasteiger partial charge in [-0.2, -0.15) is 0 Å². The normalized spacial score (nSPS) is 18.2. The first-order valence-electron chi connectivity index (χ1n) is 5.96. The van der Waals surface area contributed by atoms with Crippen molar-refractivity contribution in [2.75, 3.05) is 5.73 Å². The van der Waals surface area contributed by atoms with Crippen LogP contribution in [0.15, 0.2) is 12.3 Å². The summed E-state index contributed by atoms with van der Waals surface area (Å²) in [6.07, 6.45) is 6.28. The van der Waals surface area contributed by atoms with Crippen molar-refractivity contribution in [3.63, 3.8) is 0 Å². The molecule has 2 aromatic rings. The molecule has 5 heteroatoms. The van der Waals surface area contributed by atoms with Crippen molar-refractivity contribution in [3.05, 3.63) is 17.3 Å². The van der Waals surface area contributed by atoms with Gasteiger partial charge in [0.05, 0.1) is 5.02 Å². The average Bonchev–Trinajstić information content (AvgIpc) is 2.55. The lowest BCUT2D eigenvalue weighted by atomic mass is 9.74. The Morgan fingerprint density at radius 1 is 1.53 bits per heavy atom. The fourth-order valence-corrected chi connectivity index (χ4v) is 2.90. The van der Waals surface area contributed by atoms with Crippen molar-refractivity contribution in [1.29, 1.82) is 0 Å². The van der Waals surface area contributed by atoms with Crippen molar-refractivity contribution in [2.24, 2.45) is 0 Å². The molecule has 0 unspecified atom stereocenters. The van der Waals surface area contributed by atoms with Gasteiger partial charge in [0.25, 0.3) is 0 Å². The Bertz CT molecular complexity index is 566. The van der Waals surface area contributed by atoms with E-state index in [1.165, 1.54) is 6.42 Å². The van der Waals surface area contributed by atoms with Gasteiger partial charge >= 0.3 is 0 Å². The lowest BCUT2D eigenvalue weighted by molar-refractivity contribution is 0.144. The minimum Gasteiger partial charge on any atom is -0.369 e. The van der Waals surface area contributed by atoms with Gasteiger partial charge < -0.3 is 5.73 Å². The van der Waals surface area contributed by atoms with E-state index in [0.717, 1.165) is 30.4 Å². The molecular weight excluding hydrogens is 236 g/mol. The maximum Gasteiger partial charge on any atom is 0.202 e. The molecule has 17 heavy (non-hydrogen) atoms. The van der Waals surface area contributed by atoms with E-state index in [1.807, 2.05) is 6.07 Å². The van der Waals surface area contributed by atoms with E-state index in [0.29, 0.717) is 11.0 Å². The Morgan fingerprint density at radius 2 is 2.29 bits per heavy atom. The van der Waals surface area contributed by atoms with Crippen molar-refractivity contribution in [3.8, 4) is 0 Å². The average molecular weight is 251 g/mol. The van der Waals surface area contributed by atoms with E-state index < -0.39 is 0 Å². The number of hydrogen-bond acceptors (Lipinski definition) is 3. The van der Waals surface area contributed by atoms with Crippen LogP contribution in [-0.4, -0.2) is 14.5 Å². The molecule has 1 aliphatic carbocycles. The highest BCUT2D eigenvalue weighted by Crippen LogP contribution is 2.44. The first kappa shape index (κ1) is 10.8. The highest BCUT2D eigenvalue weighted by atomic mass is 35.5. The lowest BCUT2D eigenvalue weighted by Crippen LogP contribution is -2.40. The van der Waals surface area contributed by atoms with E-state index >= 15 is 0 Å². The zero-order valence-electron chi connectivity index (χ0n) is 9.78. The molecule has 90 valence electrons. The summed E-state index contributed by atoms with van der Waals surface area (Å²) in [7, 11) is 0. The van der Waals surface area contributed by atoms with Crippen molar-refractivity contribution in [2.45, 2.75) is 38.1 Å². The van der Waals surface area contributed by atoms with E-state index in [1.54, 1.807) is 6.20 Å². The van der Waals surface area contributed by atoms with Gasteiger partial charge in [0, 0.05) is 11.7 Å². The third kappa shape index (κ3) is 1.43. The number of imidazole rings is 1. The number of halogens is 1. The Hall–Kier alpha value is -1.29. The largest absolute Gasteiger partial charge is 0.369 e. The molecule has 0 spiro atoms. The SMILES string of the molecule is CCC1(n2c(N)nc3cc(Cl)cnc32)CCC1. The minimum absolute atomic E-state index is 0.125. The van der Waals surface area contributed by atoms with Crippen LogP contribution in [0.5, 0.6) is 0 Å². The number of fused-ring (bicyclic) bond motifs is 1. The van der Waals surface area contributed by atoms with E-state index in [9.17, 15) is 0 Å². The first-order valence-corrected chi connectivity index (χ1v) is 6.34. The topological polar surface area (TPSA) is 56.7 Å². The number of anilines is 1. The highest BCUT2D eigenvalue weighted by Gasteiger charge is 2.39. The van der Waals surface area contributed by atoms with Crippen LogP contribution in [-0.2, 0) is 5.54 Å². The zero-order valence-corrected chi connectivity index (χ0v) is 10.5. The molecule has 1 saturated carbocycles. The number of aromatic nitrogens is 3. The summed E-state index contributed by atoms with van der Waals surface area (Å²) in [5.41, 5.74) is 7.81. The number of nitrogen functional groups attached to an aromatic ring is 1. The molecule has 1 aliphatic rings. The van der Waals surface area contributed by atoms with Crippen molar-refractivity contribution in [1.82, 2.24) is 14.5 Å². The smallest absolute Gasteiger partial charge is 0.202 e. The molecule has 0 atom stereocenters. The molecular formula is C12H15ClN4. The highest BCUT2D eigenvalue weighted by molar-refractivity contribution is 6.31. The summed E-state index contributed by atoms with van der Waals surface area (Å²) in [6.45, 7) is 2.19. The first-order chi connectivity index (χ1) is 8.16. The van der Waals surface area contributed by atoms with Gasteiger partial charge in [-0.3, -0.25) is 4.57 Å². The quantitative estimate of drug-likeness (QED) is 0.892. The molecule has 2 N–H and O–H groups in total. The van der Waals surface area contributed by atoms with Crippen molar-refractivity contribution < 1.29 is 0 Å². The van der Waals surface area contributed by atoms with Crippen LogP contribution in [0.4, 0.5) is 5.95 Å². The number of nitrogens with zero attached hydrogens (tertiary/aromatic N) is 3. The molecule has 0 radical (unpaired) electrons. The molecule has 0 saturated heterocycles. The molecule has 4 nitrogen and oxygen atoms in total. The second-order valence-electron chi connectivity index (χ2n) is 4.73. The van der Waals surface area contributed by atoms with Crippen molar-refractivity contribution >= 4 is 28.7 Å². The fraction of sp³-hybridized carbons (Fsp3) is 0.500. The Morgan fingerprint density at radius 3 is 2.88 bits per heavy atom. The van der Waals surface area contributed by atoms with Crippen LogP contribution < -0.4 is 5.73 Å². The van der Waals surface area contributed by atoms with Crippen LogP contribution in [0.25, 0.3) is 11.2 Å². The van der Waals surface area contributed by atoms with Gasteiger partial charge in [0.1, 0.15) is 5.52 Å². The van der Waals surface area contributed by atoms with E-state index in [-0.39, 0.29) is 5.54 Å². The van der Waals surface area contributed by atoms with E-state index in [4.69, 9.17) is 17.3 Å². The Kier molecular flexibility index (Phi) is 2.30. The maximum absolute atomic E-state index is 6.04. The summed E-state index contributed by atoms with van der Waals surface area (Å²) in [4.78, 5) is 8.75. The van der Waals surface area contributed by atoms with Gasteiger partial charge in [-0.25, -0.2) is 9.97 Å². The molecule has 0 bridgehead atoms. The zero-order chi connectivity index (χ0) is 12.0. The van der Waals surface area contributed by atoms with Crippen LogP contribution in [0, 0.1) is 0 Å². The van der Waals surface area contributed by atoms with Crippen LogP contribution in [0.1, 0.15) is 32.6 Å². The molecule has 1 fully saturated rings. The van der Waals surface area contributed by atoms with Gasteiger partial charge in [-0.1, -0.05) is 18.5 Å².